The van der Waals surface area contributed by atoms with E-state index >= 15 is 0 Å². The van der Waals surface area contributed by atoms with Gasteiger partial charge in [0.1, 0.15) is 0 Å². The minimum atomic E-state index is 0.288. The Labute approximate surface area is 287 Å². The molecule has 8 aromatic carbocycles. The van der Waals surface area contributed by atoms with Crippen LogP contribution >= 0.6 is 0 Å². The quantitative estimate of drug-likeness (QED) is 0.147. The highest BCUT2D eigenvalue weighted by molar-refractivity contribution is 6.32. The Morgan fingerprint density at radius 2 is 1.14 bits per heavy atom. The largest absolute Gasteiger partial charge is 0.313 e. The molecule has 6 bridgehead atoms. The normalized spacial score (nSPS) is 14.7. The highest BCUT2D eigenvalue weighted by atomic mass is 15.0. The molecule has 2 heteroatoms. The fraction of sp³-hybridized carbons (Fsp3) is 0.0417. The zero-order chi connectivity index (χ0) is 32.5. The number of aromatic nitrogens is 2. The van der Waals surface area contributed by atoms with E-state index in [9.17, 15) is 0 Å². The third-order valence-corrected chi connectivity index (χ3v) is 11.6. The number of benzene rings is 8. The van der Waals surface area contributed by atoms with Crippen LogP contribution in [0.4, 0.5) is 0 Å². The molecule has 0 amide bonds. The van der Waals surface area contributed by atoms with Crippen molar-refractivity contribution in [2.45, 2.75) is 12.3 Å². The predicted molar refractivity (Wildman–Crippen MR) is 212 cm³/mol. The van der Waals surface area contributed by atoms with Crippen LogP contribution in [0.3, 0.4) is 0 Å². The van der Waals surface area contributed by atoms with Gasteiger partial charge < -0.3 is 8.97 Å². The van der Waals surface area contributed by atoms with Crippen LogP contribution in [0.2, 0.25) is 0 Å². The summed E-state index contributed by atoms with van der Waals surface area (Å²) in [5.41, 5.74) is 8.93. The van der Waals surface area contributed by atoms with Crippen molar-refractivity contribution in [3.63, 3.8) is 0 Å². The average Bonchev–Trinajstić information content (AvgIpc) is 3.71. The van der Waals surface area contributed by atoms with Crippen LogP contribution in [0.1, 0.15) is 23.6 Å². The van der Waals surface area contributed by atoms with E-state index in [1.165, 1.54) is 103 Å². The van der Waals surface area contributed by atoms with Crippen LogP contribution in [0.25, 0.3) is 93.1 Å². The van der Waals surface area contributed by atoms with E-state index in [0.717, 1.165) is 6.42 Å². The molecule has 0 spiro atoms. The summed E-state index contributed by atoms with van der Waals surface area (Å²) in [4.78, 5) is 0. The fourth-order valence-electron chi connectivity index (χ4n) is 9.50. The third-order valence-electron chi connectivity index (χ3n) is 11.6. The standard InChI is InChI=1S/C48H30N2/c1-2-15-36-29(10-1)22-25-43-46(36)41-23-20-30-26-44(41)49(43)32-11-9-12-33(28-32)50-45-27-31(35-14-4-3-13-34(30)35)21-24-42(45)47-39-18-7-5-16-37(39)38-17-6-8-19-40(38)48(47)50/h1-22,24-28,41H,23H2. The summed E-state index contributed by atoms with van der Waals surface area (Å²) >= 11 is 0. The fourth-order valence-corrected chi connectivity index (χ4v) is 9.50. The summed E-state index contributed by atoms with van der Waals surface area (Å²) in [6.07, 6.45) is 3.45. The van der Waals surface area contributed by atoms with Gasteiger partial charge in [-0.2, -0.15) is 0 Å². The molecule has 232 valence electrons. The summed E-state index contributed by atoms with van der Waals surface area (Å²) in [5, 5.41) is 15.5. The van der Waals surface area contributed by atoms with E-state index < -0.39 is 0 Å². The van der Waals surface area contributed by atoms with Gasteiger partial charge in [-0.05, 0) is 96.7 Å². The van der Waals surface area contributed by atoms with Gasteiger partial charge >= 0.3 is 0 Å². The molecule has 1 aliphatic carbocycles. The van der Waals surface area contributed by atoms with Gasteiger partial charge in [0, 0.05) is 38.8 Å². The maximum Gasteiger partial charge on any atom is 0.0625 e. The van der Waals surface area contributed by atoms with E-state index in [0.29, 0.717) is 0 Å². The lowest BCUT2D eigenvalue weighted by Crippen LogP contribution is -2.11. The second kappa shape index (κ2) is 9.62. The van der Waals surface area contributed by atoms with Crippen molar-refractivity contribution in [3.05, 3.63) is 174 Å². The van der Waals surface area contributed by atoms with Crippen LogP contribution < -0.4 is 5.22 Å². The molecule has 10 aromatic rings. The summed E-state index contributed by atoms with van der Waals surface area (Å²) in [6.45, 7) is 0. The van der Waals surface area contributed by atoms with Crippen LogP contribution in [-0.2, 0) is 0 Å². The molecule has 12 rings (SSSR count). The monoisotopic (exact) mass is 634 g/mol. The lowest BCUT2D eigenvalue weighted by Gasteiger charge is -2.15. The van der Waals surface area contributed by atoms with E-state index in [-0.39, 0.29) is 5.92 Å². The van der Waals surface area contributed by atoms with Crippen LogP contribution in [-0.4, -0.2) is 8.97 Å². The van der Waals surface area contributed by atoms with Gasteiger partial charge in [0.15, 0.2) is 0 Å². The Bertz CT molecular complexity index is 3300. The number of nitrogens with zero attached hydrogens (tertiary/aromatic N) is 2. The molecule has 2 aromatic heterocycles. The smallest absolute Gasteiger partial charge is 0.0625 e. The predicted octanol–water partition coefficient (Wildman–Crippen LogP) is 11.8. The summed E-state index contributed by atoms with van der Waals surface area (Å²) in [7, 11) is 0. The Hall–Kier alpha value is -6.38. The second-order valence-electron chi connectivity index (χ2n) is 14.0. The first kappa shape index (κ1) is 26.6. The van der Waals surface area contributed by atoms with E-state index in [4.69, 9.17) is 0 Å². The molecular weight excluding hydrogens is 605 g/mol. The Kier molecular flexibility index (Phi) is 5.11. The molecule has 1 unspecified atom stereocenters. The Morgan fingerprint density at radius 3 is 2.00 bits per heavy atom. The molecule has 1 aliphatic heterocycles. The number of rotatable bonds is 0. The molecular formula is C48H30N2. The van der Waals surface area contributed by atoms with Crippen LogP contribution in [0.15, 0.2) is 158 Å². The Balaban J connectivity index is 1.39. The molecule has 0 saturated carbocycles. The molecule has 50 heavy (non-hydrogen) atoms. The number of fused-ring (bicyclic) bond motifs is 22. The SMILES string of the molecule is C1=c2cc3n(c4cccc(c4)n4c5cc(ccc5c5c6ccccc6c6ccccc6c54)c4ccccc24)-c2ccc4ccccc4c2C3C1. The summed E-state index contributed by atoms with van der Waals surface area (Å²) < 4.78 is 5.09. The molecule has 3 heterocycles. The van der Waals surface area contributed by atoms with Crippen molar-refractivity contribution >= 4 is 87.4 Å². The van der Waals surface area contributed by atoms with Gasteiger partial charge in [0.2, 0.25) is 0 Å². The highest BCUT2D eigenvalue weighted by Crippen LogP contribution is 2.46. The number of hydrogen-bond acceptors (Lipinski definition) is 0. The van der Waals surface area contributed by atoms with Crippen molar-refractivity contribution < 1.29 is 0 Å². The summed E-state index contributed by atoms with van der Waals surface area (Å²) in [5.74, 6) is 0.288. The first-order valence-electron chi connectivity index (χ1n) is 17.6. The van der Waals surface area contributed by atoms with Gasteiger partial charge in [-0.3, -0.25) is 0 Å². The van der Waals surface area contributed by atoms with Crippen molar-refractivity contribution in [1.82, 2.24) is 8.97 Å². The van der Waals surface area contributed by atoms with Crippen molar-refractivity contribution in [1.29, 1.82) is 0 Å². The second-order valence-corrected chi connectivity index (χ2v) is 14.0. The molecule has 1 atom stereocenters. The van der Waals surface area contributed by atoms with Crippen LogP contribution in [0, 0.1) is 0 Å². The van der Waals surface area contributed by atoms with Gasteiger partial charge in [-0.25, -0.2) is 0 Å². The first-order valence-corrected chi connectivity index (χ1v) is 17.6. The van der Waals surface area contributed by atoms with E-state index in [2.05, 4.69) is 173 Å². The molecule has 0 radical (unpaired) electrons. The highest BCUT2D eigenvalue weighted by Gasteiger charge is 2.31. The molecule has 0 saturated heterocycles. The Morgan fingerprint density at radius 1 is 0.460 bits per heavy atom. The first-order chi connectivity index (χ1) is 24.8. The van der Waals surface area contributed by atoms with Crippen LogP contribution in [0.5, 0.6) is 0 Å². The van der Waals surface area contributed by atoms with Crippen molar-refractivity contribution in [2.24, 2.45) is 0 Å². The minimum absolute atomic E-state index is 0.288. The lowest BCUT2D eigenvalue weighted by molar-refractivity contribution is 0.839. The number of hydrogen-bond donors (Lipinski definition) is 0. The maximum absolute atomic E-state index is 2.55. The van der Waals surface area contributed by atoms with Crippen molar-refractivity contribution in [2.75, 3.05) is 0 Å². The maximum atomic E-state index is 2.55. The molecule has 0 fully saturated rings. The van der Waals surface area contributed by atoms with E-state index in [1.807, 2.05) is 0 Å². The average molecular weight is 635 g/mol. The zero-order valence-corrected chi connectivity index (χ0v) is 27.3. The van der Waals surface area contributed by atoms with E-state index in [1.54, 1.807) is 0 Å². The minimum Gasteiger partial charge on any atom is -0.313 e. The van der Waals surface area contributed by atoms with Crippen molar-refractivity contribution in [3.8, 4) is 5.69 Å². The third kappa shape index (κ3) is 3.38. The van der Waals surface area contributed by atoms with Gasteiger partial charge in [-0.1, -0.05) is 127 Å². The summed E-state index contributed by atoms with van der Waals surface area (Å²) in [6, 6.07) is 59.3. The molecule has 0 N–H and O–H groups in total. The molecule has 2 nitrogen and oxygen atoms in total. The van der Waals surface area contributed by atoms with Gasteiger partial charge in [0.05, 0.1) is 16.7 Å². The topological polar surface area (TPSA) is 9.34 Å². The zero-order valence-electron chi connectivity index (χ0n) is 27.3. The van der Waals surface area contributed by atoms with Gasteiger partial charge in [-0.15, -0.1) is 0 Å². The molecule has 2 aliphatic rings. The van der Waals surface area contributed by atoms with Gasteiger partial charge in [0.25, 0.3) is 0 Å². The lowest BCUT2D eigenvalue weighted by atomic mass is 9.87.